The molecule has 3 nitrogen and oxygen atoms in total. The highest BCUT2D eigenvalue weighted by Crippen LogP contribution is 2.42. The van der Waals surface area contributed by atoms with Crippen LogP contribution in [0.2, 0.25) is 0 Å². The minimum atomic E-state index is -0.650. The Hall–Kier alpha value is -1.38. The van der Waals surface area contributed by atoms with Crippen LogP contribution in [0.25, 0.3) is 0 Å². The lowest BCUT2D eigenvalue weighted by atomic mass is 10.2. The maximum absolute atomic E-state index is 9.36. The summed E-state index contributed by atoms with van der Waals surface area (Å²) in [5.74, 6) is 0.672. The van der Waals surface area contributed by atoms with E-state index in [0.717, 1.165) is 0 Å². The Kier molecular flexibility index (Phi) is 1.46. The fourth-order valence-electron chi connectivity index (χ4n) is 1.30. The van der Waals surface area contributed by atoms with Gasteiger partial charge < -0.3 is 14.6 Å². The standard InChI is InChI=1S/C10H11O3/c1-6-4-8-9(5-7(6)11)13-10(2,3)12-8/h4-5,11H,1H2,2-3H3. The molecule has 0 saturated carbocycles. The van der Waals surface area contributed by atoms with Gasteiger partial charge in [-0.15, -0.1) is 0 Å². The highest BCUT2D eigenvalue weighted by Gasteiger charge is 2.32. The zero-order valence-corrected chi connectivity index (χ0v) is 7.63. The minimum Gasteiger partial charge on any atom is -0.508 e. The second kappa shape index (κ2) is 2.31. The first-order valence-electron chi connectivity index (χ1n) is 4.05. The number of ether oxygens (including phenoxy) is 2. The molecular weight excluding hydrogens is 168 g/mol. The molecule has 0 aromatic heterocycles. The molecule has 3 heteroatoms. The van der Waals surface area contributed by atoms with Crippen LogP contribution in [0, 0.1) is 6.92 Å². The zero-order chi connectivity index (χ0) is 9.64. The zero-order valence-electron chi connectivity index (χ0n) is 7.63. The summed E-state index contributed by atoms with van der Waals surface area (Å²) in [6.45, 7) is 7.28. The van der Waals surface area contributed by atoms with Crippen molar-refractivity contribution in [1.29, 1.82) is 0 Å². The number of phenolic OH excluding ortho intramolecular Hbond substituents is 1. The van der Waals surface area contributed by atoms with Crippen molar-refractivity contribution < 1.29 is 14.6 Å². The number of fused-ring (bicyclic) bond motifs is 1. The Balaban J connectivity index is 2.48. The van der Waals surface area contributed by atoms with Gasteiger partial charge in [-0.25, -0.2) is 0 Å². The summed E-state index contributed by atoms with van der Waals surface area (Å²) < 4.78 is 10.9. The fourth-order valence-corrected chi connectivity index (χ4v) is 1.30. The van der Waals surface area contributed by atoms with E-state index in [-0.39, 0.29) is 5.75 Å². The monoisotopic (exact) mass is 179 g/mol. The highest BCUT2D eigenvalue weighted by atomic mass is 16.7. The Bertz CT molecular complexity index is 322. The molecule has 0 atom stereocenters. The predicted octanol–water partition coefficient (Wildman–Crippen LogP) is 2.08. The quantitative estimate of drug-likeness (QED) is 0.662. The van der Waals surface area contributed by atoms with E-state index in [0.29, 0.717) is 17.1 Å². The van der Waals surface area contributed by atoms with Gasteiger partial charge in [0.2, 0.25) is 5.79 Å². The Morgan fingerprint density at radius 3 is 2.38 bits per heavy atom. The largest absolute Gasteiger partial charge is 0.508 e. The number of aromatic hydroxyl groups is 1. The average molecular weight is 179 g/mol. The van der Waals surface area contributed by atoms with E-state index in [1.54, 1.807) is 6.07 Å². The molecule has 1 aliphatic heterocycles. The van der Waals surface area contributed by atoms with Crippen molar-refractivity contribution >= 4 is 0 Å². The number of hydrogen-bond donors (Lipinski definition) is 1. The summed E-state index contributed by atoms with van der Waals surface area (Å²) in [6, 6.07) is 3.19. The molecule has 0 aliphatic carbocycles. The van der Waals surface area contributed by atoms with Crippen molar-refractivity contribution in [3.8, 4) is 17.2 Å². The molecule has 69 valence electrons. The number of rotatable bonds is 0. The van der Waals surface area contributed by atoms with E-state index in [2.05, 4.69) is 6.92 Å². The summed E-state index contributed by atoms with van der Waals surface area (Å²) >= 11 is 0. The van der Waals surface area contributed by atoms with Crippen LogP contribution in [0.3, 0.4) is 0 Å². The SMILES string of the molecule is [CH2]c1cc2c(cc1O)OC(C)(C)O2. The molecule has 1 aliphatic rings. The van der Waals surface area contributed by atoms with Gasteiger partial charge in [-0.3, -0.25) is 0 Å². The highest BCUT2D eigenvalue weighted by molar-refractivity contribution is 5.52. The molecular formula is C10H11O3. The Morgan fingerprint density at radius 2 is 1.77 bits per heavy atom. The predicted molar refractivity (Wildman–Crippen MR) is 47.9 cm³/mol. The summed E-state index contributed by atoms with van der Waals surface area (Å²) in [4.78, 5) is 0. The summed E-state index contributed by atoms with van der Waals surface area (Å²) in [7, 11) is 0. The maximum Gasteiger partial charge on any atom is 0.246 e. The lowest BCUT2D eigenvalue weighted by Crippen LogP contribution is -2.29. The Labute approximate surface area is 76.9 Å². The van der Waals surface area contributed by atoms with Crippen molar-refractivity contribution in [2.75, 3.05) is 0 Å². The second-order valence-electron chi connectivity index (χ2n) is 3.53. The van der Waals surface area contributed by atoms with E-state index in [4.69, 9.17) is 9.47 Å². The molecule has 1 aromatic rings. The van der Waals surface area contributed by atoms with Crippen LogP contribution in [0.15, 0.2) is 12.1 Å². The Morgan fingerprint density at radius 1 is 1.23 bits per heavy atom. The number of benzene rings is 1. The normalized spacial score (nSPS) is 17.5. The van der Waals surface area contributed by atoms with Crippen LogP contribution in [0.4, 0.5) is 0 Å². The van der Waals surface area contributed by atoms with Crippen LogP contribution in [0.5, 0.6) is 17.2 Å². The van der Waals surface area contributed by atoms with Crippen molar-refractivity contribution in [2.24, 2.45) is 0 Å². The molecule has 2 rings (SSSR count). The lowest BCUT2D eigenvalue weighted by Gasteiger charge is -2.16. The second-order valence-corrected chi connectivity index (χ2v) is 3.53. The fraction of sp³-hybridized carbons (Fsp3) is 0.300. The van der Waals surface area contributed by atoms with Gasteiger partial charge in [0.05, 0.1) is 0 Å². The molecule has 0 fully saturated rings. The first-order valence-corrected chi connectivity index (χ1v) is 4.05. The van der Waals surface area contributed by atoms with Gasteiger partial charge in [-0.1, -0.05) is 0 Å². The molecule has 0 unspecified atom stereocenters. The molecule has 13 heavy (non-hydrogen) atoms. The van der Waals surface area contributed by atoms with E-state index < -0.39 is 5.79 Å². The molecule has 1 N–H and O–H groups in total. The summed E-state index contributed by atoms with van der Waals surface area (Å²) in [5.41, 5.74) is 0.542. The van der Waals surface area contributed by atoms with Gasteiger partial charge in [-0.05, 0) is 18.6 Å². The van der Waals surface area contributed by atoms with Crippen molar-refractivity contribution in [2.45, 2.75) is 19.6 Å². The molecule has 0 saturated heterocycles. The minimum absolute atomic E-state index is 0.125. The summed E-state index contributed by atoms with van der Waals surface area (Å²) in [5, 5.41) is 9.36. The van der Waals surface area contributed by atoms with Gasteiger partial charge in [0.1, 0.15) is 5.75 Å². The van der Waals surface area contributed by atoms with E-state index in [1.807, 2.05) is 13.8 Å². The van der Waals surface area contributed by atoms with Crippen LogP contribution in [0.1, 0.15) is 19.4 Å². The van der Waals surface area contributed by atoms with Gasteiger partial charge in [0.25, 0.3) is 0 Å². The van der Waals surface area contributed by atoms with E-state index in [1.165, 1.54) is 6.07 Å². The van der Waals surface area contributed by atoms with E-state index in [9.17, 15) is 5.11 Å². The molecule has 0 amide bonds. The number of hydrogen-bond acceptors (Lipinski definition) is 3. The average Bonchev–Trinajstić information content (AvgIpc) is 2.24. The maximum atomic E-state index is 9.36. The first-order chi connectivity index (χ1) is 5.98. The van der Waals surface area contributed by atoms with Gasteiger partial charge in [0.15, 0.2) is 11.5 Å². The third kappa shape index (κ3) is 1.30. The van der Waals surface area contributed by atoms with Gasteiger partial charge in [-0.2, -0.15) is 0 Å². The molecule has 0 bridgehead atoms. The van der Waals surface area contributed by atoms with Crippen molar-refractivity contribution in [1.82, 2.24) is 0 Å². The van der Waals surface area contributed by atoms with Crippen molar-refractivity contribution in [3.05, 3.63) is 24.6 Å². The summed E-state index contributed by atoms with van der Waals surface area (Å²) in [6.07, 6.45) is 0. The molecule has 1 radical (unpaired) electrons. The smallest absolute Gasteiger partial charge is 0.246 e. The molecule has 1 aromatic carbocycles. The molecule has 0 spiro atoms. The van der Waals surface area contributed by atoms with Crippen LogP contribution in [-0.2, 0) is 0 Å². The van der Waals surface area contributed by atoms with Gasteiger partial charge in [0, 0.05) is 19.9 Å². The first kappa shape index (κ1) is 8.23. The van der Waals surface area contributed by atoms with Crippen LogP contribution >= 0.6 is 0 Å². The lowest BCUT2D eigenvalue weighted by molar-refractivity contribution is -0.0431. The van der Waals surface area contributed by atoms with Gasteiger partial charge >= 0.3 is 0 Å². The van der Waals surface area contributed by atoms with Crippen LogP contribution in [-0.4, -0.2) is 10.9 Å². The number of phenols is 1. The third-order valence-electron chi connectivity index (χ3n) is 1.86. The van der Waals surface area contributed by atoms with Crippen molar-refractivity contribution in [3.63, 3.8) is 0 Å². The van der Waals surface area contributed by atoms with Crippen LogP contribution < -0.4 is 9.47 Å². The third-order valence-corrected chi connectivity index (χ3v) is 1.86. The topological polar surface area (TPSA) is 38.7 Å². The molecule has 1 heterocycles. The van der Waals surface area contributed by atoms with E-state index >= 15 is 0 Å².